The van der Waals surface area contributed by atoms with Crippen molar-refractivity contribution in [1.82, 2.24) is 63.0 Å². The highest BCUT2D eigenvalue weighted by Crippen LogP contribution is 2.27. The Bertz CT molecular complexity index is 2360. The quantitative estimate of drug-likeness (QED) is 0.0848. The fourth-order valence-electron chi connectivity index (χ4n) is 9.67. The largest absolute Gasteiger partial charge is 0.480 e. The number of carboxylic acids is 1. The van der Waals surface area contributed by atoms with Crippen molar-refractivity contribution in [3.63, 3.8) is 0 Å². The van der Waals surface area contributed by atoms with Crippen molar-refractivity contribution in [1.29, 1.82) is 0 Å². The number of aliphatic hydroxyl groups is 1. The van der Waals surface area contributed by atoms with E-state index >= 15 is 0 Å². The molecular formula is C52H85N13O15S4. The SMILES string of the molecule is CCCC[C@@H]1NC(=O)[C@H](CO)NC(=O)[C@@H]2CSSC[C@@H](C(=O)O)NC(=O)[C@@H]3CCCN3C(=O)[C@H](CCC)NC(=O)[C@H](CC)NC(=O)[C@H]([C@H](C)CC)NC(=O)[C@H](CSSC[C@H](NC(=O)CN)C(=O)N2)NC(=O)[C@H](CC)NC(=O)[C@@H]2CCCN2C1=O. The number of aliphatic hydroxyl groups excluding tert-OH is 1. The predicted octanol–water partition coefficient (Wildman–Crippen LogP) is -2.50. The number of carboxylic acid groups (broad SMARTS) is 1. The molecule has 4 fully saturated rings. The Kier molecular flexibility index (Phi) is 30.2. The van der Waals surface area contributed by atoms with E-state index in [-0.39, 0.29) is 74.6 Å². The van der Waals surface area contributed by atoms with Gasteiger partial charge in [0.2, 0.25) is 70.9 Å². The van der Waals surface area contributed by atoms with Crippen LogP contribution in [0.1, 0.15) is 119 Å². The lowest BCUT2D eigenvalue weighted by molar-refractivity contribution is -0.144. The molecule has 4 rings (SSSR count). The molecule has 0 unspecified atom stereocenters. The molecule has 4 saturated heterocycles. The second-order valence-corrected chi connectivity index (χ2v) is 26.1. The second kappa shape index (κ2) is 35.8. The van der Waals surface area contributed by atoms with Crippen molar-refractivity contribution in [3.8, 4) is 0 Å². The summed E-state index contributed by atoms with van der Waals surface area (Å²) in [6, 6.07) is -16.2. The number of amides is 12. The average Bonchev–Trinajstić information content (AvgIpc) is 4.33. The highest BCUT2D eigenvalue weighted by molar-refractivity contribution is 8.77. The molecule has 0 aromatic carbocycles. The number of nitrogens with one attached hydrogen (secondary N) is 10. The zero-order chi connectivity index (χ0) is 62.2. The normalized spacial score (nSPS) is 29.9. The van der Waals surface area contributed by atoms with E-state index in [0.29, 0.717) is 38.5 Å². The number of rotatable bonds is 13. The number of unbranched alkanes of at least 4 members (excludes halogenated alkanes) is 1. The van der Waals surface area contributed by atoms with E-state index in [9.17, 15) is 72.5 Å². The van der Waals surface area contributed by atoms with E-state index in [2.05, 4.69) is 53.2 Å². The van der Waals surface area contributed by atoms with Crippen LogP contribution in [0, 0.1) is 5.92 Å². The monoisotopic (exact) mass is 1260 g/mol. The summed E-state index contributed by atoms with van der Waals surface area (Å²) in [5, 5.41) is 47.1. The van der Waals surface area contributed by atoms with Gasteiger partial charge in [-0.2, -0.15) is 0 Å². The highest BCUT2D eigenvalue weighted by atomic mass is 33.1. The van der Waals surface area contributed by atoms with Crippen molar-refractivity contribution in [3.05, 3.63) is 0 Å². The minimum Gasteiger partial charge on any atom is -0.480 e. The third-order valence-electron chi connectivity index (χ3n) is 14.8. The molecule has 2 bridgehead atoms. The smallest absolute Gasteiger partial charge is 0.327 e. The number of aliphatic carboxylic acids is 1. The molecule has 84 heavy (non-hydrogen) atoms. The van der Waals surface area contributed by atoms with Gasteiger partial charge in [0.05, 0.1) is 13.2 Å². The van der Waals surface area contributed by atoms with Gasteiger partial charge in [0.15, 0.2) is 0 Å². The molecule has 0 aliphatic carbocycles. The van der Waals surface area contributed by atoms with Crippen molar-refractivity contribution in [2.45, 2.75) is 191 Å². The van der Waals surface area contributed by atoms with Crippen molar-refractivity contribution < 1.29 is 72.5 Å². The second-order valence-electron chi connectivity index (χ2n) is 21.0. The van der Waals surface area contributed by atoms with E-state index in [4.69, 9.17) is 5.73 Å². The summed E-state index contributed by atoms with van der Waals surface area (Å²) in [7, 11) is 3.69. The first-order chi connectivity index (χ1) is 40.1. The van der Waals surface area contributed by atoms with E-state index < -0.39 is 168 Å². The van der Waals surface area contributed by atoms with Gasteiger partial charge in [-0.3, -0.25) is 57.5 Å². The van der Waals surface area contributed by atoms with E-state index in [1.54, 1.807) is 34.6 Å². The molecule has 12 amide bonds. The van der Waals surface area contributed by atoms with Crippen LogP contribution in [-0.4, -0.2) is 219 Å². The van der Waals surface area contributed by atoms with Gasteiger partial charge in [-0.05, 0) is 57.3 Å². The van der Waals surface area contributed by atoms with Crippen molar-refractivity contribution in [2.24, 2.45) is 11.7 Å². The summed E-state index contributed by atoms with van der Waals surface area (Å²) in [5.74, 6) is -12.9. The Hall–Kier alpha value is -5.57. The number of hydrogen-bond donors (Lipinski definition) is 13. The summed E-state index contributed by atoms with van der Waals surface area (Å²) in [5.41, 5.74) is 5.64. The van der Waals surface area contributed by atoms with Gasteiger partial charge in [0.1, 0.15) is 72.5 Å². The standard InChI is InChI=1S/C52H85N13O15S4/c1-7-12-16-31-51(78)65-20-13-17-37(65)47(74)55-28(10-4)42(69)60-35-25-82-81-23-33(54-39(67)21-53)44(71)61-34(45(72)59-32(22-66)43(70)58-31)24-83-84-26-36(52(79)80)62-48(75)38-18-14-19-64(38)50(77)30(15-8-2)57-41(68)29(11-5)56-49(76)40(27(6)9-3)63-46(35)73/h27-38,40,66H,7-26,53H2,1-6H3,(H,54,67)(H,55,74)(H,56,76)(H,57,68)(H,58,70)(H,59,72)(H,60,69)(H,61,71)(H,62,75)(H,63,73)(H,79,80)/t27-,28+,29+,30+,31+,32+,33+,34+,35+,36+,37+,38+,40+/m1/s1. The average molecular weight is 1260 g/mol. The lowest BCUT2D eigenvalue weighted by Gasteiger charge is -2.31. The number of nitrogens with two attached hydrogens (primary N) is 1. The maximum atomic E-state index is 14.6. The minimum atomic E-state index is -1.72. The van der Waals surface area contributed by atoms with E-state index in [0.717, 1.165) is 43.2 Å². The Balaban J connectivity index is 1.88. The molecule has 0 saturated carbocycles. The van der Waals surface area contributed by atoms with Gasteiger partial charge < -0.3 is 78.9 Å². The Morgan fingerprint density at radius 2 is 1.02 bits per heavy atom. The van der Waals surface area contributed by atoms with Crippen molar-refractivity contribution >= 4 is 120 Å². The third-order valence-corrected chi connectivity index (χ3v) is 19.7. The first kappa shape index (κ1) is 70.9. The molecule has 32 heteroatoms. The van der Waals surface area contributed by atoms with Gasteiger partial charge in [-0.15, -0.1) is 0 Å². The maximum absolute atomic E-state index is 14.6. The molecule has 13 atom stereocenters. The number of fused-ring (bicyclic) bond motifs is 10. The van der Waals surface area contributed by atoms with Crippen LogP contribution in [0.4, 0.5) is 0 Å². The lowest BCUT2D eigenvalue weighted by atomic mass is 9.97. The molecule has 4 aliphatic rings. The summed E-state index contributed by atoms with van der Waals surface area (Å²) < 4.78 is 0. The van der Waals surface area contributed by atoms with Crippen LogP contribution in [0.15, 0.2) is 0 Å². The van der Waals surface area contributed by atoms with E-state index in [1.807, 2.05) is 6.92 Å². The lowest BCUT2D eigenvalue weighted by Crippen LogP contribution is -2.61. The fourth-order valence-corrected chi connectivity index (χ4v) is 14.3. The molecule has 4 heterocycles. The number of carbonyl (C=O) groups excluding carboxylic acids is 12. The summed E-state index contributed by atoms with van der Waals surface area (Å²) in [6.07, 6.45) is 3.13. The van der Waals surface area contributed by atoms with Gasteiger partial charge >= 0.3 is 5.97 Å². The van der Waals surface area contributed by atoms with Crippen LogP contribution in [0.2, 0.25) is 0 Å². The summed E-state index contributed by atoms with van der Waals surface area (Å²) >= 11 is 0. The van der Waals surface area contributed by atoms with Gasteiger partial charge in [-0.25, -0.2) is 4.79 Å². The van der Waals surface area contributed by atoms with Crippen molar-refractivity contribution in [2.75, 3.05) is 49.3 Å². The van der Waals surface area contributed by atoms with Crippen LogP contribution in [0.25, 0.3) is 0 Å². The highest BCUT2D eigenvalue weighted by Gasteiger charge is 2.43. The predicted molar refractivity (Wildman–Crippen MR) is 317 cm³/mol. The maximum Gasteiger partial charge on any atom is 0.327 e. The molecule has 472 valence electrons. The Labute approximate surface area is 505 Å². The zero-order valence-electron chi connectivity index (χ0n) is 48.5. The van der Waals surface area contributed by atoms with Crippen LogP contribution in [-0.2, 0) is 62.3 Å². The molecule has 0 aromatic rings. The van der Waals surface area contributed by atoms with Gasteiger partial charge in [0.25, 0.3) is 0 Å². The molecule has 28 nitrogen and oxygen atoms in total. The number of hydrogen-bond acceptors (Lipinski definition) is 19. The summed E-state index contributed by atoms with van der Waals surface area (Å²) in [4.78, 5) is 185. The topological polar surface area (TPSA) is 415 Å². The first-order valence-electron chi connectivity index (χ1n) is 28.7. The number of nitrogens with zero attached hydrogens (tertiary/aromatic N) is 2. The molecule has 0 aromatic heterocycles. The molecular weight excluding hydrogens is 1170 g/mol. The molecule has 0 radical (unpaired) electrons. The molecule has 4 aliphatic heterocycles. The third kappa shape index (κ3) is 20.6. The molecule has 14 N–H and O–H groups in total. The van der Waals surface area contributed by atoms with Gasteiger partial charge in [0, 0.05) is 36.1 Å². The minimum absolute atomic E-state index is 0.00756. The molecule has 0 spiro atoms. The fraction of sp³-hybridized carbons (Fsp3) is 0.750. The number of carbonyl (C=O) groups is 13. The first-order valence-corrected chi connectivity index (χ1v) is 33.7. The van der Waals surface area contributed by atoms with E-state index in [1.165, 1.54) is 9.80 Å². The Morgan fingerprint density at radius 1 is 0.560 bits per heavy atom. The van der Waals surface area contributed by atoms with Gasteiger partial charge in [-0.1, -0.05) is 110 Å². The summed E-state index contributed by atoms with van der Waals surface area (Å²) in [6.45, 7) is 8.98. The van der Waals surface area contributed by atoms with Crippen LogP contribution < -0.4 is 58.9 Å². The van der Waals surface area contributed by atoms with Crippen LogP contribution in [0.3, 0.4) is 0 Å². The zero-order valence-corrected chi connectivity index (χ0v) is 51.7. The van der Waals surface area contributed by atoms with Crippen LogP contribution in [0.5, 0.6) is 0 Å². The Morgan fingerprint density at radius 3 is 1.54 bits per heavy atom. The van der Waals surface area contributed by atoms with Crippen LogP contribution >= 0.6 is 43.2 Å².